The van der Waals surface area contributed by atoms with E-state index in [1.165, 1.54) is 25.9 Å². The first kappa shape index (κ1) is 16.3. The van der Waals surface area contributed by atoms with Crippen LogP contribution in [0.3, 0.4) is 0 Å². The molecule has 1 fully saturated rings. The molecule has 0 spiro atoms. The number of likely N-dealkylation sites (tertiary alicyclic amines) is 1. The molecule has 3 nitrogen and oxygen atoms in total. The summed E-state index contributed by atoms with van der Waals surface area (Å²) in [7, 11) is 0. The molecule has 1 aliphatic heterocycles. The van der Waals surface area contributed by atoms with Gasteiger partial charge >= 0.3 is 0 Å². The highest BCUT2D eigenvalue weighted by Crippen LogP contribution is 2.18. The van der Waals surface area contributed by atoms with E-state index >= 15 is 0 Å². The van der Waals surface area contributed by atoms with E-state index < -0.39 is 0 Å². The first-order chi connectivity index (χ1) is 8.88. The van der Waals surface area contributed by atoms with Gasteiger partial charge in [0, 0.05) is 13.1 Å². The Balaban J connectivity index is 0.00000180. The van der Waals surface area contributed by atoms with Gasteiger partial charge in [0.1, 0.15) is 12.4 Å². The third-order valence-electron chi connectivity index (χ3n) is 3.60. The molecule has 0 saturated carbocycles. The van der Waals surface area contributed by atoms with E-state index in [-0.39, 0.29) is 12.4 Å². The third-order valence-corrected chi connectivity index (χ3v) is 3.60. The van der Waals surface area contributed by atoms with Crippen molar-refractivity contribution in [2.75, 3.05) is 32.8 Å². The number of hydrogen-bond donors (Lipinski definition) is 1. The van der Waals surface area contributed by atoms with Gasteiger partial charge in [-0.3, -0.25) is 4.90 Å². The summed E-state index contributed by atoms with van der Waals surface area (Å²) in [6.45, 7) is 5.02. The molecule has 0 aliphatic carbocycles. The van der Waals surface area contributed by atoms with Gasteiger partial charge in [0.05, 0.1) is 0 Å². The van der Waals surface area contributed by atoms with Crippen molar-refractivity contribution in [3.8, 4) is 5.75 Å². The minimum absolute atomic E-state index is 0. The van der Waals surface area contributed by atoms with Crippen LogP contribution in [0.5, 0.6) is 5.75 Å². The quantitative estimate of drug-likeness (QED) is 0.872. The molecule has 1 aromatic rings. The fourth-order valence-corrected chi connectivity index (χ4v) is 2.64. The molecule has 1 saturated heterocycles. The molecule has 108 valence electrons. The highest BCUT2D eigenvalue weighted by Gasteiger charge is 2.18. The Bertz CT molecular complexity index is 332. The van der Waals surface area contributed by atoms with Crippen molar-refractivity contribution >= 4 is 12.4 Å². The van der Waals surface area contributed by atoms with Crippen LogP contribution < -0.4 is 10.5 Å². The number of rotatable bonds is 6. The van der Waals surface area contributed by atoms with E-state index in [4.69, 9.17) is 10.5 Å². The molecular weight excluding hydrogens is 260 g/mol. The van der Waals surface area contributed by atoms with Crippen molar-refractivity contribution in [1.29, 1.82) is 0 Å². The van der Waals surface area contributed by atoms with Crippen molar-refractivity contribution in [2.45, 2.75) is 19.3 Å². The van der Waals surface area contributed by atoms with Crippen LogP contribution in [0.4, 0.5) is 0 Å². The molecule has 2 rings (SSSR count). The van der Waals surface area contributed by atoms with Crippen molar-refractivity contribution in [2.24, 2.45) is 11.7 Å². The number of ether oxygens (including phenoxy) is 1. The number of nitrogens with two attached hydrogens (primary N) is 1. The molecule has 4 heteroatoms. The Morgan fingerprint density at radius 1 is 1.26 bits per heavy atom. The Morgan fingerprint density at radius 2 is 2.05 bits per heavy atom. The van der Waals surface area contributed by atoms with E-state index in [0.29, 0.717) is 0 Å². The Morgan fingerprint density at radius 3 is 2.79 bits per heavy atom. The van der Waals surface area contributed by atoms with Crippen LogP contribution in [0.15, 0.2) is 30.3 Å². The fourth-order valence-electron chi connectivity index (χ4n) is 2.64. The summed E-state index contributed by atoms with van der Waals surface area (Å²) in [6, 6.07) is 10.0. The third kappa shape index (κ3) is 5.81. The summed E-state index contributed by atoms with van der Waals surface area (Å²) in [5, 5.41) is 0. The average molecular weight is 285 g/mol. The second-order valence-electron chi connectivity index (χ2n) is 5.05. The molecule has 2 N–H and O–H groups in total. The lowest BCUT2D eigenvalue weighted by Gasteiger charge is -2.32. The molecule has 0 radical (unpaired) electrons. The summed E-state index contributed by atoms with van der Waals surface area (Å²) >= 11 is 0. The van der Waals surface area contributed by atoms with Gasteiger partial charge in [-0.05, 0) is 50.4 Å². The number of halogens is 1. The van der Waals surface area contributed by atoms with Crippen LogP contribution in [-0.2, 0) is 0 Å². The van der Waals surface area contributed by atoms with Gasteiger partial charge < -0.3 is 10.5 Å². The number of para-hydroxylation sites is 1. The van der Waals surface area contributed by atoms with Crippen molar-refractivity contribution in [1.82, 2.24) is 4.90 Å². The van der Waals surface area contributed by atoms with Gasteiger partial charge in [-0.15, -0.1) is 12.4 Å². The summed E-state index contributed by atoms with van der Waals surface area (Å²) in [4.78, 5) is 2.51. The largest absolute Gasteiger partial charge is 0.492 e. The second-order valence-corrected chi connectivity index (χ2v) is 5.05. The SMILES string of the molecule is Cl.NCCC1CCCN(CCOc2ccccc2)C1. The highest BCUT2D eigenvalue weighted by molar-refractivity contribution is 5.85. The van der Waals surface area contributed by atoms with Crippen molar-refractivity contribution < 1.29 is 4.74 Å². The first-order valence-electron chi connectivity index (χ1n) is 6.99. The lowest BCUT2D eigenvalue weighted by Crippen LogP contribution is -2.38. The average Bonchev–Trinajstić information content (AvgIpc) is 2.41. The lowest BCUT2D eigenvalue weighted by atomic mass is 9.95. The number of hydrogen-bond acceptors (Lipinski definition) is 3. The number of benzene rings is 1. The van der Waals surface area contributed by atoms with E-state index in [0.717, 1.165) is 37.8 Å². The summed E-state index contributed by atoms with van der Waals surface area (Å²) in [5.74, 6) is 1.76. The molecule has 1 aliphatic rings. The van der Waals surface area contributed by atoms with Gasteiger partial charge in [0.15, 0.2) is 0 Å². The van der Waals surface area contributed by atoms with E-state index in [1.54, 1.807) is 0 Å². The van der Waals surface area contributed by atoms with Crippen LogP contribution in [0, 0.1) is 5.92 Å². The minimum atomic E-state index is 0. The predicted molar refractivity (Wildman–Crippen MR) is 82.0 cm³/mol. The van der Waals surface area contributed by atoms with Crippen molar-refractivity contribution in [3.05, 3.63) is 30.3 Å². The van der Waals surface area contributed by atoms with Crippen LogP contribution >= 0.6 is 12.4 Å². The molecule has 0 amide bonds. The predicted octanol–water partition coefficient (Wildman–Crippen LogP) is 2.55. The number of piperidine rings is 1. The molecule has 0 bridgehead atoms. The maximum Gasteiger partial charge on any atom is 0.119 e. The summed E-state index contributed by atoms with van der Waals surface area (Å²) in [5.41, 5.74) is 5.64. The van der Waals surface area contributed by atoms with Gasteiger partial charge in [0.2, 0.25) is 0 Å². The normalized spacial score (nSPS) is 19.7. The topological polar surface area (TPSA) is 38.5 Å². The molecule has 1 heterocycles. The molecule has 1 aromatic carbocycles. The zero-order valence-electron chi connectivity index (χ0n) is 11.5. The molecule has 0 aromatic heterocycles. The monoisotopic (exact) mass is 284 g/mol. The number of nitrogens with zero attached hydrogens (tertiary/aromatic N) is 1. The standard InChI is InChI=1S/C15H24N2O.ClH/c16-9-8-14-5-4-10-17(13-14)11-12-18-15-6-2-1-3-7-15;/h1-3,6-7,14H,4-5,8-13,16H2;1H. The van der Waals surface area contributed by atoms with Crippen molar-refractivity contribution in [3.63, 3.8) is 0 Å². The Hall–Kier alpha value is -0.770. The van der Waals surface area contributed by atoms with Crippen LogP contribution in [0.25, 0.3) is 0 Å². The van der Waals surface area contributed by atoms with Gasteiger partial charge in [-0.2, -0.15) is 0 Å². The zero-order chi connectivity index (χ0) is 12.6. The van der Waals surface area contributed by atoms with Crippen LogP contribution in [-0.4, -0.2) is 37.7 Å². The zero-order valence-corrected chi connectivity index (χ0v) is 12.3. The van der Waals surface area contributed by atoms with Gasteiger partial charge in [-0.25, -0.2) is 0 Å². The Kier molecular flexibility index (Phi) is 7.87. The van der Waals surface area contributed by atoms with E-state index in [1.807, 2.05) is 30.3 Å². The maximum absolute atomic E-state index is 5.74. The van der Waals surface area contributed by atoms with Gasteiger partial charge in [-0.1, -0.05) is 18.2 Å². The molecule has 1 unspecified atom stereocenters. The lowest BCUT2D eigenvalue weighted by molar-refractivity contribution is 0.144. The molecular formula is C15H25ClN2O. The van der Waals surface area contributed by atoms with Gasteiger partial charge in [0.25, 0.3) is 0 Å². The first-order valence-corrected chi connectivity index (χ1v) is 6.99. The van der Waals surface area contributed by atoms with E-state index in [2.05, 4.69) is 4.90 Å². The fraction of sp³-hybridized carbons (Fsp3) is 0.600. The molecule has 19 heavy (non-hydrogen) atoms. The van der Waals surface area contributed by atoms with Crippen LogP contribution in [0.1, 0.15) is 19.3 Å². The van der Waals surface area contributed by atoms with E-state index in [9.17, 15) is 0 Å². The highest BCUT2D eigenvalue weighted by atomic mass is 35.5. The summed E-state index contributed by atoms with van der Waals surface area (Å²) in [6.07, 6.45) is 3.80. The smallest absolute Gasteiger partial charge is 0.119 e. The summed E-state index contributed by atoms with van der Waals surface area (Å²) < 4.78 is 5.74. The molecule has 1 atom stereocenters. The Labute approximate surface area is 122 Å². The minimum Gasteiger partial charge on any atom is -0.492 e. The maximum atomic E-state index is 5.74. The van der Waals surface area contributed by atoms with Crippen LogP contribution in [0.2, 0.25) is 0 Å². The second kappa shape index (κ2) is 9.18.